The summed E-state index contributed by atoms with van der Waals surface area (Å²) in [5.41, 5.74) is -1.13. The lowest BCUT2D eigenvalue weighted by atomic mass is 9.90. The highest BCUT2D eigenvalue weighted by Gasteiger charge is 2.33. The average Bonchev–Trinajstić information content (AvgIpc) is 2.90. The molecule has 196 valence electrons. The van der Waals surface area contributed by atoms with E-state index in [0.717, 1.165) is 0 Å². The Morgan fingerprint density at radius 2 is 1.15 bits per heavy atom. The van der Waals surface area contributed by atoms with Crippen LogP contribution in [0.5, 0.6) is 11.8 Å². The van der Waals surface area contributed by atoms with Crippen LogP contribution in [0.25, 0.3) is 11.4 Å². The van der Waals surface area contributed by atoms with Crippen molar-refractivity contribution in [2.24, 2.45) is 0 Å². The van der Waals surface area contributed by atoms with Gasteiger partial charge in [-0.3, -0.25) is 33.7 Å². The van der Waals surface area contributed by atoms with Gasteiger partial charge in [0.2, 0.25) is 11.8 Å². The highest BCUT2D eigenvalue weighted by atomic mass is 35.5. The zero-order valence-electron chi connectivity index (χ0n) is 19.6. The zero-order chi connectivity index (χ0) is 27.8. The van der Waals surface area contributed by atoms with Crippen LogP contribution >= 0.6 is 47.6 Å². The van der Waals surface area contributed by atoms with E-state index in [1.807, 2.05) is 0 Å². The first kappa shape index (κ1) is 26.6. The van der Waals surface area contributed by atoms with Gasteiger partial charge >= 0.3 is 0 Å². The summed E-state index contributed by atoms with van der Waals surface area (Å²) in [5, 5.41) is 23.9. The van der Waals surface area contributed by atoms with Crippen LogP contribution in [0.4, 0.5) is 0 Å². The van der Waals surface area contributed by atoms with Crippen molar-refractivity contribution in [1.82, 2.24) is 24.1 Å². The first-order chi connectivity index (χ1) is 18.7. The fourth-order valence-electron chi connectivity index (χ4n) is 4.24. The largest absolute Gasteiger partial charge is 0.494 e. The summed E-state index contributed by atoms with van der Waals surface area (Å²) in [6.45, 7) is 0. The van der Waals surface area contributed by atoms with E-state index in [1.54, 1.807) is 66.7 Å². The van der Waals surface area contributed by atoms with Crippen molar-refractivity contribution >= 4 is 47.6 Å². The van der Waals surface area contributed by atoms with Gasteiger partial charge in [0.05, 0.1) is 34.1 Å². The summed E-state index contributed by atoms with van der Waals surface area (Å²) < 4.78 is 2.24. The van der Waals surface area contributed by atoms with E-state index in [0.29, 0.717) is 21.4 Å². The first-order valence-electron chi connectivity index (χ1n) is 11.3. The van der Waals surface area contributed by atoms with Gasteiger partial charge in [0.1, 0.15) is 0 Å². The van der Waals surface area contributed by atoms with Crippen molar-refractivity contribution in [2.75, 3.05) is 0 Å². The lowest BCUT2D eigenvalue weighted by Gasteiger charge is -2.22. The second-order valence-electron chi connectivity index (χ2n) is 8.30. The van der Waals surface area contributed by atoms with Gasteiger partial charge in [-0.1, -0.05) is 29.3 Å². The number of benzene rings is 2. The molecular formula is C26H17Cl2N5O4S2. The van der Waals surface area contributed by atoms with Gasteiger partial charge < -0.3 is 10.2 Å². The molecule has 9 nitrogen and oxygen atoms in total. The van der Waals surface area contributed by atoms with Crippen molar-refractivity contribution in [3.05, 3.63) is 130 Å². The molecule has 13 heteroatoms. The standard InChI is InChI=1S/C26H17Cl2N5O4S2/c27-13-4-8-15(9-5-13)32-23(36)19(21(34)30-25(32)38)18(17-3-1-2-12-29-17)20-22(35)31-26(39)33(24(20)37)16-10-6-14(28)7-11-16/h1-12,18,36-37H,(H,30,34,38)(H,31,35,39). The number of hydrogen-bond donors (Lipinski definition) is 4. The Balaban J connectivity index is 1.87. The van der Waals surface area contributed by atoms with E-state index in [1.165, 1.54) is 15.3 Å². The highest BCUT2D eigenvalue weighted by Crippen LogP contribution is 2.37. The van der Waals surface area contributed by atoms with Gasteiger partial charge in [0.15, 0.2) is 9.54 Å². The molecular weight excluding hydrogens is 581 g/mol. The Bertz CT molecular complexity index is 1810. The van der Waals surface area contributed by atoms with Gasteiger partial charge in [-0.25, -0.2) is 0 Å². The van der Waals surface area contributed by atoms with Gasteiger partial charge in [0, 0.05) is 16.2 Å². The quantitative estimate of drug-likeness (QED) is 0.200. The summed E-state index contributed by atoms with van der Waals surface area (Å²) in [6, 6.07) is 17.6. The normalized spacial score (nSPS) is 11.2. The van der Waals surface area contributed by atoms with Crippen LogP contribution < -0.4 is 11.1 Å². The highest BCUT2D eigenvalue weighted by molar-refractivity contribution is 7.71. The Morgan fingerprint density at radius 1 is 0.718 bits per heavy atom. The summed E-state index contributed by atoms with van der Waals surface area (Å²) in [6.07, 6.45) is 1.46. The smallest absolute Gasteiger partial charge is 0.259 e. The van der Waals surface area contributed by atoms with Crippen LogP contribution in [0.1, 0.15) is 22.7 Å². The van der Waals surface area contributed by atoms with Crippen molar-refractivity contribution in [2.45, 2.75) is 5.92 Å². The van der Waals surface area contributed by atoms with E-state index in [9.17, 15) is 19.8 Å². The van der Waals surface area contributed by atoms with E-state index in [4.69, 9.17) is 47.6 Å². The van der Waals surface area contributed by atoms with Crippen LogP contribution in [0, 0.1) is 9.54 Å². The molecule has 39 heavy (non-hydrogen) atoms. The molecule has 0 unspecified atom stereocenters. The monoisotopic (exact) mass is 597 g/mol. The van der Waals surface area contributed by atoms with Crippen molar-refractivity contribution in [1.29, 1.82) is 0 Å². The summed E-state index contributed by atoms with van der Waals surface area (Å²) in [7, 11) is 0. The number of rotatable bonds is 5. The number of H-pyrrole nitrogens is 2. The molecule has 0 aliphatic carbocycles. The first-order valence-corrected chi connectivity index (χ1v) is 12.8. The Kier molecular flexibility index (Phi) is 7.23. The topological polar surface area (TPSA) is 129 Å². The molecule has 2 aromatic carbocycles. The second kappa shape index (κ2) is 10.6. The van der Waals surface area contributed by atoms with E-state index >= 15 is 0 Å². The number of aromatic nitrogens is 5. The molecule has 0 saturated heterocycles. The Morgan fingerprint density at radius 3 is 1.54 bits per heavy atom. The minimum absolute atomic E-state index is 0.0985. The molecule has 0 bridgehead atoms. The lowest BCUT2D eigenvalue weighted by Crippen LogP contribution is -2.28. The third-order valence-corrected chi connectivity index (χ3v) is 7.05. The number of nitrogens with one attached hydrogen (secondary N) is 2. The molecule has 3 heterocycles. The molecule has 0 fully saturated rings. The predicted octanol–water partition coefficient (Wildman–Crippen LogP) is 5.40. The van der Waals surface area contributed by atoms with Crippen LogP contribution in [0.15, 0.2) is 82.5 Å². The van der Waals surface area contributed by atoms with Gasteiger partial charge in [-0.05, 0) is 85.1 Å². The Labute approximate surface area is 240 Å². The molecule has 0 amide bonds. The van der Waals surface area contributed by atoms with Gasteiger partial charge in [-0.15, -0.1) is 0 Å². The van der Waals surface area contributed by atoms with Crippen LogP contribution in [-0.4, -0.2) is 34.3 Å². The average molecular weight is 598 g/mol. The molecule has 0 spiro atoms. The fraction of sp³-hybridized carbons (Fsp3) is 0.0385. The summed E-state index contributed by atoms with van der Waals surface area (Å²) in [4.78, 5) is 36.2. The number of aromatic amines is 2. The van der Waals surface area contributed by atoms with Crippen LogP contribution in [0.3, 0.4) is 0 Å². The fourth-order valence-corrected chi connectivity index (χ4v) is 5.06. The molecule has 0 aliphatic rings. The number of aromatic hydroxyl groups is 2. The second-order valence-corrected chi connectivity index (χ2v) is 9.95. The maximum absolute atomic E-state index is 13.4. The van der Waals surface area contributed by atoms with Gasteiger partial charge in [-0.2, -0.15) is 0 Å². The number of pyridine rings is 1. The van der Waals surface area contributed by atoms with Crippen molar-refractivity contribution in [3.63, 3.8) is 0 Å². The maximum atomic E-state index is 13.4. The molecule has 0 aliphatic heterocycles. The molecule has 0 saturated carbocycles. The summed E-state index contributed by atoms with van der Waals surface area (Å²) >= 11 is 22.7. The number of nitrogens with zero attached hydrogens (tertiary/aromatic N) is 3. The van der Waals surface area contributed by atoms with Crippen molar-refractivity contribution < 1.29 is 10.2 Å². The summed E-state index contributed by atoms with van der Waals surface area (Å²) in [5.74, 6) is -2.45. The third kappa shape index (κ3) is 4.92. The SMILES string of the molecule is O=c1[nH]c(=S)n(-c2ccc(Cl)cc2)c(O)c1C(c1ccccn1)c1c(O)n(-c2ccc(Cl)cc2)c(=S)[nH]c1=O. The molecule has 0 atom stereocenters. The van der Waals surface area contributed by atoms with E-state index < -0.39 is 28.8 Å². The third-order valence-electron chi connectivity index (χ3n) is 5.97. The molecule has 0 radical (unpaired) electrons. The predicted molar refractivity (Wildman–Crippen MR) is 153 cm³/mol. The minimum atomic E-state index is -1.35. The molecule has 5 rings (SSSR count). The van der Waals surface area contributed by atoms with E-state index in [-0.39, 0.29) is 26.4 Å². The van der Waals surface area contributed by atoms with E-state index in [2.05, 4.69) is 15.0 Å². The molecule has 4 N–H and O–H groups in total. The lowest BCUT2D eigenvalue weighted by molar-refractivity contribution is 0.413. The van der Waals surface area contributed by atoms with Crippen LogP contribution in [0.2, 0.25) is 10.0 Å². The Hall–Kier alpha value is -4.03. The number of hydrogen-bond acceptors (Lipinski definition) is 7. The molecule has 5 aromatic rings. The van der Waals surface area contributed by atoms with Crippen LogP contribution in [-0.2, 0) is 0 Å². The zero-order valence-corrected chi connectivity index (χ0v) is 22.8. The number of halogens is 2. The van der Waals surface area contributed by atoms with Crippen molar-refractivity contribution in [3.8, 4) is 23.1 Å². The maximum Gasteiger partial charge on any atom is 0.259 e. The molecule has 3 aromatic heterocycles. The minimum Gasteiger partial charge on any atom is -0.494 e. The van der Waals surface area contributed by atoms with Gasteiger partial charge in [0.25, 0.3) is 11.1 Å².